The monoisotopic (exact) mass is 560 g/mol. The lowest BCUT2D eigenvalue weighted by molar-refractivity contribution is 0.569. The van der Waals surface area contributed by atoms with Gasteiger partial charge in [-0.3, -0.25) is 0 Å². The molecule has 1 atom stereocenters. The molecule has 0 radical (unpaired) electrons. The molecule has 0 saturated carbocycles. The van der Waals surface area contributed by atoms with Gasteiger partial charge < -0.3 is 13.9 Å². The van der Waals surface area contributed by atoms with E-state index < -0.39 is 0 Å². The molecular weight excluding hydrogens is 524 g/mol. The number of hydrogen-bond acceptors (Lipinski definition) is 2. The van der Waals surface area contributed by atoms with E-state index in [0.29, 0.717) is 5.92 Å². The van der Waals surface area contributed by atoms with Crippen LogP contribution in [0.1, 0.15) is 50.5 Å². The Kier molecular flexibility index (Phi) is 6.15. The Morgan fingerprint density at radius 2 is 1.84 bits per heavy atom. The van der Waals surface area contributed by atoms with Crippen molar-refractivity contribution in [2.24, 2.45) is 0 Å². The lowest BCUT2D eigenvalue weighted by Gasteiger charge is -2.25. The molecule has 0 spiro atoms. The third-order valence-corrected chi connectivity index (χ3v) is 9.47. The third kappa shape index (κ3) is 4.26. The molecule has 212 valence electrons. The van der Waals surface area contributed by atoms with E-state index in [1.54, 1.807) is 0 Å². The van der Waals surface area contributed by atoms with Gasteiger partial charge in [-0.1, -0.05) is 79.8 Å². The summed E-state index contributed by atoms with van der Waals surface area (Å²) < 4.78 is 9.07. The molecule has 3 aliphatic rings. The van der Waals surface area contributed by atoms with Crippen molar-refractivity contribution >= 4 is 45.1 Å². The molecule has 5 aromatic rings. The Morgan fingerprint density at radius 3 is 2.72 bits per heavy atom. The Bertz CT molecular complexity index is 2210. The van der Waals surface area contributed by atoms with Crippen molar-refractivity contribution in [3.05, 3.63) is 136 Å². The summed E-state index contributed by atoms with van der Waals surface area (Å²) in [5.41, 5.74) is 10.6. The van der Waals surface area contributed by atoms with Crippen molar-refractivity contribution < 1.29 is 4.42 Å². The van der Waals surface area contributed by atoms with E-state index in [9.17, 15) is 0 Å². The Balaban J connectivity index is 1.41. The number of allylic oxidation sites excluding steroid dienone is 9. The smallest absolute Gasteiger partial charge is 0.145 e. The molecule has 8 rings (SSSR count). The average molecular weight is 561 g/mol. The summed E-state index contributed by atoms with van der Waals surface area (Å²) in [6.07, 6.45) is 21.3. The minimum atomic E-state index is 0.433. The second-order valence-corrected chi connectivity index (χ2v) is 12.3. The molecule has 2 aliphatic carbocycles. The fourth-order valence-electron chi connectivity index (χ4n) is 7.28. The fraction of sp³-hybridized carbons (Fsp3) is 0.200. The first-order chi connectivity index (χ1) is 21.1. The molecule has 3 heterocycles. The maximum absolute atomic E-state index is 6.64. The summed E-state index contributed by atoms with van der Waals surface area (Å²) in [6, 6.07) is 22.0. The van der Waals surface area contributed by atoms with Crippen LogP contribution in [0.3, 0.4) is 0 Å². The standard InChI is InChI=1S/C40H36N2O/c1-26(22-28-12-5-4-6-13-28)29-14-11-15-30(24-29)42-36-21-20-33-32-17-8-10-19-38(32)43-40(33)39(36)34-23-27(2)31-16-7-9-18-35(31)41(3)25-37(34)42/h4-5,7-8,10-12,14-17,19-21,23-26H,2,6,9,13,18,22H2,1,3H3/b34-23+,37-25+. The lowest BCUT2D eigenvalue weighted by atomic mass is 9.90. The molecule has 3 heteroatoms. The Hall–Kier alpha value is -4.76. The van der Waals surface area contributed by atoms with Crippen LogP contribution in [0.4, 0.5) is 0 Å². The van der Waals surface area contributed by atoms with Crippen LogP contribution in [0, 0.1) is 0 Å². The molecule has 0 saturated heterocycles. The van der Waals surface area contributed by atoms with E-state index in [0.717, 1.165) is 81.1 Å². The summed E-state index contributed by atoms with van der Waals surface area (Å²) >= 11 is 0. The quantitative estimate of drug-likeness (QED) is 0.219. The topological polar surface area (TPSA) is 21.3 Å². The van der Waals surface area contributed by atoms with E-state index in [2.05, 4.69) is 127 Å². The van der Waals surface area contributed by atoms with E-state index >= 15 is 0 Å². The largest absolute Gasteiger partial charge is 0.455 e. The summed E-state index contributed by atoms with van der Waals surface area (Å²) in [6.45, 7) is 6.94. The van der Waals surface area contributed by atoms with E-state index in [4.69, 9.17) is 4.42 Å². The molecule has 3 aromatic carbocycles. The molecule has 0 amide bonds. The summed E-state index contributed by atoms with van der Waals surface area (Å²) in [5, 5.41) is 5.73. The highest BCUT2D eigenvalue weighted by Crippen LogP contribution is 2.35. The predicted octanol–water partition coefficient (Wildman–Crippen LogP) is 8.92. The SMILES string of the molecule is C=C1/C=c2\c(n(-c3cccc(C(C)CC4=CC=CCC4)c3)c3ccc4c5ccccc5oc4c23)=C/N(C)C2=C1C=CCC2. The highest BCUT2D eigenvalue weighted by Gasteiger charge is 2.22. The number of nitrogens with zero attached hydrogens (tertiary/aromatic N) is 2. The van der Waals surface area contributed by atoms with Crippen LogP contribution < -0.4 is 10.6 Å². The molecule has 3 nitrogen and oxygen atoms in total. The number of fused-ring (bicyclic) bond motifs is 7. The van der Waals surface area contributed by atoms with Gasteiger partial charge in [0, 0.05) is 46.2 Å². The van der Waals surface area contributed by atoms with Gasteiger partial charge in [0.1, 0.15) is 11.2 Å². The van der Waals surface area contributed by atoms with Crippen LogP contribution in [0.25, 0.3) is 50.8 Å². The van der Waals surface area contributed by atoms with Crippen LogP contribution in [0.5, 0.6) is 0 Å². The first-order valence-electron chi connectivity index (χ1n) is 15.5. The molecule has 0 N–H and O–H groups in total. The van der Waals surface area contributed by atoms with Gasteiger partial charge in [-0.25, -0.2) is 0 Å². The zero-order valence-electron chi connectivity index (χ0n) is 24.9. The number of aromatic nitrogens is 1. The molecular formula is C40H36N2O. The zero-order chi connectivity index (χ0) is 29.1. The molecule has 1 unspecified atom stereocenters. The number of furan rings is 1. The fourth-order valence-corrected chi connectivity index (χ4v) is 7.28. The van der Waals surface area contributed by atoms with Gasteiger partial charge in [0.05, 0.1) is 16.3 Å². The molecule has 2 aromatic heterocycles. The second-order valence-electron chi connectivity index (χ2n) is 12.3. The predicted molar refractivity (Wildman–Crippen MR) is 181 cm³/mol. The molecule has 1 aliphatic heterocycles. The van der Waals surface area contributed by atoms with Crippen LogP contribution >= 0.6 is 0 Å². The third-order valence-electron chi connectivity index (χ3n) is 9.47. The van der Waals surface area contributed by atoms with Gasteiger partial charge in [0.2, 0.25) is 0 Å². The van der Waals surface area contributed by atoms with Crippen LogP contribution in [-0.2, 0) is 0 Å². The second kappa shape index (κ2) is 10.2. The molecule has 0 fully saturated rings. The number of benzene rings is 3. The maximum atomic E-state index is 6.64. The van der Waals surface area contributed by atoms with Crippen molar-refractivity contribution in [3.8, 4) is 5.69 Å². The molecule has 0 bridgehead atoms. The average Bonchev–Trinajstić information content (AvgIpc) is 3.56. The maximum Gasteiger partial charge on any atom is 0.145 e. The highest BCUT2D eigenvalue weighted by molar-refractivity contribution is 6.15. The molecule has 43 heavy (non-hydrogen) atoms. The van der Waals surface area contributed by atoms with E-state index in [1.165, 1.54) is 28.1 Å². The Labute approximate surface area is 252 Å². The zero-order valence-corrected chi connectivity index (χ0v) is 24.9. The summed E-state index contributed by atoms with van der Waals surface area (Å²) in [4.78, 5) is 2.32. The van der Waals surface area contributed by atoms with Crippen molar-refractivity contribution in [3.63, 3.8) is 0 Å². The van der Waals surface area contributed by atoms with Gasteiger partial charge in [-0.15, -0.1) is 0 Å². The van der Waals surface area contributed by atoms with Gasteiger partial charge in [0.15, 0.2) is 0 Å². The highest BCUT2D eigenvalue weighted by atomic mass is 16.3. The van der Waals surface area contributed by atoms with Gasteiger partial charge in [0.25, 0.3) is 0 Å². The number of hydrogen-bond donors (Lipinski definition) is 0. The first kappa shape index (κ1) is 25.9. The van der Waals surface area contributed by atoms with Crippen molar-refractivity contribution in [1.29, 1.82) is 0 Å². The van der Waals surface area contributed by atoms with Crippen molar-refractivity contribution in [1.82, 2.24) is 9.47 Å². The Morgan fingerprint density at radius 1 is 0.953 bits per heavy atom. The summed E-state index contributed by atoms with van der Waals surface area (Å²) in [7, 11) is 2.18. The normalized spacial score (nSPS) is 19.0. The number of para-hydroxylation sites is 1. The van der Waals surface area contributed by atoms with Crippen LogP contribution in [-0.4, -0.2) is 16.5 Å². The van der Waals surface area contributed by atoms with Gasteiger partial charge in [-0.05, 0) is 85.6 Å². The van der Waals surface area contributed by atoms with Crippen molar-refractivity contribution in [2.75, 3.05) is 7.05 Å². The first-order valence-corrected chi connectivity index (χ1v) is 15.5. The minimum absolute atomic E-state index is 0.433. The van der Waals surface area contributed by atoms with E-state index in [-0.39, 0.29) is 0 Å². The van der Waals surface area contributed by atoms with Crippen molar-refractivity contribution in [2.45, 2.75) is 44.9 Å². The number of rotatable bonds is 4. The van der Waals surface area contributed by atoms with Crippen LogP contribution in [0.15, 0.2) is 124 Å². The van der Waals surface area contributed by atoms with Gasteiger partial charge >= 0.3 is 0 Å². The minimum Gasteiger partial charge on any atom is -0.455 e. The summed E-state index contributed by atoms with van der Waals surface area (Å²) in [5.74, 6) is 0.433. The van der Waals surface area contributed by atoms with Gasteiger partial charge in [-0.2, -0.15) is 0 Å². The van der Waals surface area contributed by atoms with Crippen LogP contribution in [0.2, 0.25) is 0 Å². The lowest BCUT2D eigenvalue weighted by Crippen LogP contribution is -2.33. The van der Waals surface area contributed by atoms with E-state index in [1.807, 2.05) is 6.07 Å².